The fourth-order valence-corrected chi connectivity index (χ4v) is 4.81. The van der Waals surface area contributed by atoms with Gasteiger partial charge in [0.05, 0.1) is 41.7 Å². The first-order valence-electron chi connectivity index (χ1n) is 11.4. The molecule has 0 amide bonds. The largest absolute Gasteiger partial charge is 0.496 e. The summed E-state index contributed by atoms with van der Waals surface area (Å²) < 4.78 is 42.8. The number of aryl methyl sites for hydroxylation is 3. The smallest absolute Gasteiger partial charge is 0.334 e. The molecule has 0 saturated carbocycles. The van der Waals surface area contributed by atoms with E-state index in [9.17, 15) is 9.36 Å². The number of halogens is 1. The van der Waals surface area contributed by atoms with Crippen molar-refractivity contribution in [3.63, 3.8) is 0 Å². The number of hydrogen-bond acceptors (Lipinski definition) is 7. The van der Waals surface area contributed by atoms with Gasteiger partial charge < -0.3 is 14.0 Å². The molecule has 10 nitrogen and oxygen atoms in total. The van der Waals surface area contributed by atoms with E-state index in [2.05, 4.69) is 15.1 Å². The van der Waals surface area contributed by atoms with Crippen LogP contribution in [0.2, 0.25) is 0 Å². The van der Waals surface area contributed by atoms with E-state index in [0.717, 1.165) is 22.9 Å². The van der Waals surface area contributed by atoms with Crippen LogP contribution in [0.4, 0.5) is 4.39 Å². The number of pyridine rings is 2. The third-order valence-electron chi connectivity index (χ3n) is 6.06. The quantitative estimate of drug-likeness (QED) is 0.308. The van der Waals surface area contributed by atoms with E-state index in [-0.39, 0.29) is 17.9 Å². The van der Waals surface area contributed by atoms with Crippen molar-refractivity contribution >= 4 is 29.1 Å². The lowest BCUT2D eigenvalue weighted by Gasteiger charge is -2.12. The Hall–Kier alpha value is -3.98. The zero-order valence-corrected chi connectivity index (χ0v) is 22.2. The Balaban J connectivity index is 1.78. The van der Waals surface area contributed by atoms with Crippen LogP contribution >= 0.6 is 7.14 Å². The summed E-state index contributed by atoms with van der Waals surface area (Å²) in [4.78, 5) is 22.1. The van der Waals surface area contributed by atoms with Crippen molar-refractivity contribution in [2.24, 2.45) is 14.1 Å². The van der Waals surface area contributed by atoms with Crippen LogP contribution in [-0.4, -0.2) is 55.7 Å². The molecule has 12 heteroatoms. The zero-order chi connectivity index (χ0) is 26.6. The van der Waals surface area contributed by atoms with Crippen LogP contribution in [0.15, 0.2) is 41.6 Å². The first kappa shape index (κ1) is 24.7. The molecule has 0 saturated heterocycles. The summed E-state index contributed by atoms with van der Waals surface area (Å²) in [6, 6.07) is 4.80. The van der Waals surface area contributed by atoms with Gasteiger partial charge in [-0.3, -0.25) is 14.2 Å². The number of imidazole rings is 1. The third-order valence-corrected chi connectivity index (χ3v) is 6.81. The minimum absolute atomic E-state index is 0.0453. The second kappa shape index (κ2) is 8.85. The molecule has 192 valence electrons. The molecule has 0 bridgehead atoms. The van der Waals surface area contributed by atoms with Gasteiger partial charge in [-0.25, -0.2) is 18.7 Å². The van der Waals surface area contributed by atoms with Crippen molar-refractivity contribution in [2.75, 3.05) is 26.8 Å². The van der Waals surface area contributed by atoms with Gasteiger partial charge >= 0.3 is 5.69 Å². The normalized spacial score (nSPS) is 12.0. The standard InChI is InChI=1S/C25H26FN6O4P/c1-14-18(12-30(2)29-14)16-8-17-20(9-22(16)35-4)27-11-21-23(17)32(25(33)31(21)3)24-19(26)7-15(10-28-24)36-13-37(5,6)34/h7-12H,13H2,1-6H3. The van der Waals surface area contributed by atoms with Crippen LogP contribution in [-0.2, 0) is 18.7 Å². The number of rotatable bonds is 6. The van der Waals surface area contributed by atoms with Crippen LogP contribution in [0.25, 0.3) is 38.9 Å². The summed E-state index contributed by atoms with van der Waals surface area (Å²) in [6.45, 7) is 5.06. The van der Waals surface area contributed by atoms with Gasteiger partial charge in [0, 0.05) is 48.9 Å². The molecular formula is C25H26FN6O4P. The lowest BCUT2D eigenvalue weighted by atomic mass is 10.0. The highest BCUT2D eigenvalue weighted by molar-refractivity contribution is 7.62. The maximum atomic E-state index is 15.4. The van der Waals surface area contributed by atoms with Crippen LogP contribution in [0, 0.1) is 12.7 Å². The molecule has 5 rings (SSSR count). The maximum Gasteiger partial charge on any atom is 0.334 e. The van der Waals surface area contributed by atoms with Gasteiger partial charge in [-0.1, -0.05) is 0 Å². The minimum atomic E-state index is -2.47. The average Bonchev–Trinajstić information content (AvgIpc) is 3.31. The minimum Gasteiger partial charge on any atom is -0.496 e. The van der Waals surface area contributed by atoms with Gasteiger partial charge in [0.1, 0.15) is 25.0 Å². The number of aromatic nitrogens is 6. The number of fused-ring (bicyclic) bond motifs is 3. The number of hydrogen-bond donors (Lipinski definition) is 0. The fourth-order valence-electron chi connectivity index (χ4n) is 4.35. The van der Waals surface area contributed by atoms with Gasteiger partial charge in [-0.15, -0.1) is 0 Å². The van der Waals surface area contributed by atoms with E-state index in [1.54, 1.807) is 44.4 Å². The molecule has 5 aromatic rings. The Morgan fingerprint density at radius 1 is 1.08 bits per heavy atom. The second-order valence-electron chi connectivity index (χ2n) is 9.36. The van der Waals surface area contributed by atoms with Gasteiger partial charge in [-0.2, -0.15) is 5.10 Å². The summed E-state index contributed by atoms with van der Waals surface area (Å²) >= 11 is 0. The number of nitrogens with zero attached hydrogens (tertiary/aromatic N) is 6. The zero-order valence-electron chi connectivity index (χ0n) is 21.3. The number of benzene rings is 1. The molecule has 0 aliphatic rings. The van der Waals surface area contributed by atoms with Crippen molar-refractivity contribution < 1.29 is 18.4 Å². The summed E-state index contributed by atoms with van der Waals surface area (Å²) in [5, 5.41) is 5.05. The fraction of sp³-hybridized carbons (Fsp3) is 0.280. The van der Waals surface area contributed by atoms with Gasteiger partial charge in [0.25, 0.3) is 0 Å². The summed E-state index contributed by atoms with van der Waals surface area (Å²) in [6.07, 6.45) is 4.72. The van der Waals surface area contributed by atoms with Crippen LogP contribution in [0.1, 0.15) is 5.69 Å². The van der Waals surface area contributed by atoms with Crippen LogP contribution in [0.3, 0.4) is 0 Å². The molecule has 37 heavy (non-hydrogen) atoms. The molecule has 0 aliphatic carbocycles. The third kappa shape index (κ3) is 4.29. The van der Waals surface area contributed by atoms with Crippen molar-refractivity contribution in [1.82, 2.24) is 28.9 Å². The summed E-state index contributed by atoms with van der Waals surface area (Å²) in [5.41, 5.74) is 3.47. The topological polar surface area (TPSA) is 106 Å². The van der Waals surface area contributed by atoms with Crippen LogP contribution in [0.5, 0.6) is 11.5 Å². The van der Waals surface area contributed by atoms with E-state index in [0.29, 0.717) is 27.7 Å². The summed E-state index contributed by atoms with van der Waals surface area (Å²) in [7, 11) is 2.53. The van der Waals surface area contributed by atoms with E-state index in [4.69, 9.17) is 9.47 Å². The van der Waals surface area contributed by atoms with Crippen molar-refractivity contribution in [1.29, 1.82) is 0 Å². The Labute approximate surface area is 211 Å². The molecule has 0 unspecified atom stereocenters. The summed E-state index contributed by atoms with van der Waals surface area (Å²) in [5.74, 6) is -0.211. The van der Waals surface area contributed by atoms with E-state index in [1.165, 1.54) is 15.3 Å². The molecule has 0 spiro atoms. The molecule has 0 radical (unpaired) electrons. The Bertz CT molecular complexity index is 1800. The maximum absolute atomic E-state index is 15.4. The Morgan fingerprint density at radius 3 is 2.46 bits per heavy atom. The molecule has 1 aromatic carbocycles. The lowest BCUT2D eigenvalue weighted by molar-refractivity contribution is 0.373. The van der Waals surface area contributed by atoms with Gasteiger partial charge in [0.15, 0.2) is 11.6 Å². The Morgan fingerprint density at radius 2 is 1.84 bits per heavy atom. The van der Waals surface area contributed by atoms with Crippen molar-refractivity contribution in [3.8, 4) is 28.4 Å². The Kier molecular flexibility index (Phi) is 5.91. The highest BCUT2D eigenvalue weighted by Gasteiger charge is 2.22. The van der Waals surface area contributed by atoms with E-state index in [1.807, 2.05) is 26.2 Å². The first-order valence-corrected chi connectivity index (χ1v) is 14.2. The highest BCUT2D eigenvalue weighted by atomic mass is 31.2. The molecule has 4 aromatic heterocycles. The average molecular weight is 524 g/mol. The number of ether oxygens (including phenoxy) is 2. The molecular weight excluding hydrogens is 498 g/mol. The van der Waals surface area contributed by atoms with Crippen LogP contribution < -0.4 is 15.2 Å². The molecule has 0 fully saturated rings. The van der Waals surface area contributed by atoms with Crippen molar-refractivity contribution in [2.45, 2.75) is 6.92 Å². The van der Waals surface area contributed by atoms with Gasteiger partial charge in [-0.05, 0) is 26.3 Å². The van der Waals surface area contributed by atoms with E-state index >= 15 is 4.39 Å². The predicted octanol–water partition coefficient (Wildman–Crippen LogP) is 4.09. The predicted molar refractivity (Wildman–Crippen MR) is 140 cm³/mol. The molecule has 0 aliphatic heterocycles. The molecule has 0 atom stereocenters. The lowest BCUT2D eigenvalue weighted by Crippen LogP contribution is -2.22. The SMILES string of the molecule is COc1cc2ncc3c(c2cc1-c1cn(C)nc1C)n(-c1ncc(OCP(C)(C)=O)cc1F)c(=O)n3C. The molecule has 0 N–H and O–H groups in total. The van der Waals surface area contributed by atoms with E-state index < -0.39 is 18.6 Å². The highest BCUT2D eigenvalue weighted by Crippen LogP contribution is 2.38. The first-order chi connectivity index (χ1) is 17.5. The number of methoxy groups -OCH3 is 1. The second-order valence-corrected chi connectivity index (χ2v) is 12.8. The molecule has 4 heterocycles. The van der Waals surface area contributed by atoms with Gasteiger partial charge in [0.2, 0.25) is 0 Å². The van der Waals surface area contributed by atoms with Crippen molar-refractivity contribution in [3.05, 3.63) is 58.8 Å². The monoisotopic (exact) mass is 524 g/mol.